The van der Waals surface area contributed by atoms with Gasteiger partial charge in [0.25, 0.3) is 0 Å². The summed E-state index contributed by atoms with van der Waals surface area (Å²) in [6, 6.07) is 10.7. The zero-order valence-corrected chi connectivity index (χ0v) is 20.5. The molecule has 1 aromatic carbocycles. The summed E-state index contributed by atoms with van der Waals surface area (Å²) in [7, 11) is 0. The van der Waals surface area contributed by atoms with Crippen LogP contribution in [0.25, 0.3) is 28.1 Å². The van der Waals surface area contributed by atoms with Gasteiger partial charge >= 0.3 is 0 Å². The van der Waals surface area contributed by atoms with Gasteiger partial charge in [-0.25, -0.2) is 9.56 Å². The summed E-state index contributed by atoms with van der Waals surface area (Å²) in [5.74, 6) is 0.835. The summed E-state index contributed by atoms with van der Waals surface area (Å²) in [5, 5.41) is 1.18. The first-order valence-electron chi connectivity index (χ1n) is 11.7. The van der Waals surface area contributed by atoms with E-state index < -0.39 is 0 Å². The van der Waals surface area contributed by atoms with Crippen molar-refractivity contribution in [3.8, 4) is 11.5 Å². The van der Waals surface area contributed by atoms with E-state index in [4.69, 9.17) is 9.40 Å². The normalized spacial score (nSPS) is 14.7. The van der Waals surface area contributed by atoms with Crippen LogP contribution in [-0.4, -0.2) is 30.2 Å². The van der Waals surface area contributed by atoms with Gasteiger partial charge in [-0.15, -0.1) is 0 Å². The zero-order valence-electron chi connectivity index (χ0n) is 20.5. The molecular weight excluding hydrogens is 382 g/mol. The lowest BCUT2D eigenvalue weighted by Crippen LogP contribution is -2.44. The number of aromatic nitrogens is 1. The molecule has 3 aliphatic rings. The van der Waals surface area contributed by atoms with Crippen LogP contribution < -0.4 is 14.8 Å². The molecule has 0 saturated heterocycles. The fourth-order valence-electron chi connectivity index (χ4n) is 4.55. The maximum atomic E-state index is 6.35. The first kappa shape index (κ1) is 23.1. The summed E-state index contributed by atoms with van der Waals surface area (Å²) in [6.07, 6.45) is 3.60. The molecule has 2 heterocycles. The van der Waals surface area contributed by atoms with Crippen molar-refractivity contribution >= 4 is 22.4 Å². The van der Waals surface area contributed by atoms with Crippen LogP contribution in [0.5, 0.6) is 0 Å². The van der Waals surface area contributed by atoms with Crippen LogP contribution in [0.1, 0.15) is 67.4 Å². The van der Waals surface area contributed by atoms with Gasteiger partial charge in [-0.1, -0.05) is 26.3 Å². The maximum Gasteiger partial charge on any atom is 0.203 e. The van der Waals surface area contributed by atoms with Gasteiger partial charge in [-0.05, 0) is 59.2 Å². The fraction of sp³-hybridized carbons (Fsp3) is 0.481. The first-order valence-corrected chi connectivity index (χ1v) is 11.7. The van der Waals surface area contributed by atoms with E-state index in [0.29, 0.717) is 0 Å². The summed E-state index contributed by atoms with van der Waals surface area (Å²) in [4.78, 5) is 7.33. The SMILES string of the molecule is CCC.CCN1c2cc3oc4cc(=[N+](CC)CC)ccc-4nc3cc2C(C)=CC1(C)C. The third-order valence-corrected chi connectivity index (χ3v) is 5.91. The Hall–Kier alpha value is -2.62. The van der Waals surface area contributed by atoms with Gasteiger partial charge in [0, 0.05) is 29.9 Å². The Morgan fingerprint density at radius 2 is 1.68 bits per heavy atom. The number of nitrogens with zero attached hydrogens (tertiary/aromatic N) is 3. The van der Waals surface area contributed by atoms with E-state index in [1.807, 2.05) is 0 Å². The quantitative estimate of drug-likeness (QED) is 0.374. The third-order valence-electron chi connectivity index (χ3n) is 5.91. The van der Waals surface area contributed by atoms with Crippen molar-refractivity contribution in [3.63, 3.8) is 0 Å². The number of benzene rings is 2. The molecule has 1 aromatic rings. The average molecular weight is 421 g/mol. The maximum absolute atomic E-state index is 6.35. The molecule has 2 aliphatic heterocycles. The third kappa shape index (κ3) is 4.39. The van der Waals surface area contributed by atoms with Crippen LogP contribution in [0.4, 0.5) is 5.69 Å². The summed E-state index contributed by atoms with van der Waals surface area (Å²) in [6.45, 7) is 20.4. The molecule has 0 radical (unpaired) electrons. The average Bonchev–Trinajstić information content (AvgIpc) is 2.72. The molecule has 31 heavy (non-hydrogen) atoms. The minimum Gasteiger partial charge on any atom is -0.452 e. The second kappa shape index (κ2) is 9.25. The Kier molecular flexibility index (Phi) is 6.88. The minimum atomic E-state index is -0.0142. The van der Waals surface area contributed by atoms with Gasteiger partial charge in [0.05, 0.1) is 11.6 Å². The van der Waals surface area contributed by atoms with Crippen molar-refractivity contribution in [1.82, 2.24) is 9.56 Å². The predicted molar refractivity (Wildman–Crippen MR) is 134 cm³/mol. The number of rotatable bonds is 3. The Morgan fingerprint density at radius 3 is 2.29 bits per heavy atom. The summed E-state index contributed by atoms with van der Waals surface area (Å²) in [5.41, 5.74) is 6.40. The van der Waals surface area contributed by atoms with E-state index in [1.165, 1.54) is 28.6 Å². The first-order chi connectivity index (χ1) is 14.8. The highest BCUT2D eigenvalue weighted by molar-refractivity contribution is 5.91. The Bertz CT molecular complexity index is 1130. The molecule has 0 N–H and O–H groups in total. The number of hydrogen-bond donors (Lipinski definition) is 0. The largest absolute Gasteiger partial charge is 0.452 e. The number of likely N-dealkylation sites (N-methyl/N-ethyl adjacent to an activating group) is 1. The lowest BCUT2D eigenvalue weighted by molar-refractivity contribution is 0.564. The van der Waals surface area contributed by atoms with Gasteiger partial charge < -0.3 is 9.32 Å². The number of allylic oxidation sites excluding steroid dienone is 1. The highest BCUT2D eigenvalue weighted by atomic mass is 16.3. The topological polar surface area (TPSA) is 32.3 Å². The summed E-state index contributed by atoms with van der Waals surface area (Å²) >= 11 is 0. The van der Waals surface area contributed by atoms with Crippen LogP contribution in [-0.2, 0) is 0 Å². The highest BCUT2D eigenvalue weighted by Gasteiger charge is 2.31. The number of fused-ring (bicyclic) bond motifs is 3. The van der Waals surface area contributed by atoms with E-state index >= 15 is 0 Å². The standard InChI is InChI=1S/C24H30N3O.C3H8/c1-7-26(8-2)17-10-11-19-22(12-17)28-23-14-21-18(13-20(23)25-19)16(4)15-24(5,6)27(21)9-3;1-3-2/h10-15H,7-9H2,1-6H3;3H2,1-2H3/q+1;. The van der Waals surface area contributed by atoms with Crippen LogP contribution in [0, 0.1) is 0 Å². The molecule has 0 unspecified atom stereocenters. The van der Waals surface area contributed by atoms with Crippen LogP contribution in [0.3, 0.4) is 0 Å². The van der Waals surface area contributed by atoms with Crippen molar-refractivity contribution in [3.05, 3.63) is 47.3 Å². The van der Waals surface area contributed by atoms with E-state index in [9.17, 15) is 0 Å². The van der Waals surface area contributed by atoms with E-state index in [0.717, 1.165) is 42.2 Å². The molecule has 0 saturated carbocycles. The van der Waals surface area contributed by atoms with Crippen LogP contribution in [0.15, 0.2) is 40.8 Å². The molecule has 4 nitrogen and oxygen atoms in total. The summed E-state index contributed by atoms with van der Waals surface area (Å²) < 4.78 is 8.67. The molecule has 4 heteroatoms. The molecule has 0 amide bonds. The Morgan fingerprint density at radius 1 is 1.00 bits per heavy atom. The molecule has 1 aliphatic carbocycles. The molecule has 0 spiro atoms. The molecule has 0 aromatic heterocycles. The lowest BCUT2D eigenvalue weighted by Gasteiger charge is -2.42. The molecule has 166 valence electrons. The van der Waals surface area contributed by atoms with Gasteiger partial charge in [0.2, 0.25) is 5.36 Å². The second-order valence-electron chi connectivity index (χ2n) is 8.81. The van der Waals surface area contributed by atoms with Gasteiger partial charge in [-0.2, -0.15) is 0 Å². The van der Waals surface area contributed by atoms with Crippen molar-refractivity contribution in [2.75, 3.05) is 24.5 Å². The van der Waals surface area contributed by atoms with E-state index in [-0.39, 0.29) is 5.54 Å². The number of hydrogen-bond acceptors (Lipinski definition) is 3. The van der Waals surface area contributed by atoms with Crippen molar-refractivity contribution in [2.24, 2.45) is 0 Å². The Labute approximate surface area is 187 Å². The van der Waals surface area contributed by atoms with Crippen molar-refractivity contribution in [1.29, 1.82) is 0 Å². The van der Waals surface area contributed by atoms with Gasteiger partial charge in [-0.3, -0.25) is 0 Å². The molecular formula is C27H38N3O+. The predicted octanol–water partition coefficient (Wildman–Crippen LogP) is 6.18. The molecule has 4 rings (SSSR count). The molecule has 0 atom stereocenters. The fourth-order valence-corrected chi connectivity index (χ4v) is 4.55. The second-order valence-corrected chi connectivity index (χ2v) is 8.81. The van der Waals surface area contributed by atoms with Crippen LogP contribution >= 0.6 is 0 Å². The number of anilines is 1. The van der Waals surface area contributed by atoms with E-state index in [1.54, 1.807) is 0 Å². The Balaban J connectivity index is 0.000000858. The van der Waals surface area contributed by atoms with E-state index in [2.05, 4.69) is 101 Å². The smallest absolute Gasteiger partial charge is 0.203 e. The lowest BCUT2D eigenvalue weighted by atomic mass is 9.88. The zero-order chi connectivity index (χ0) is 22.8. The van der Waals surface area contributed by atoms with Crippen molar-refractivity contribution in [2.45, 2.75) is 67.3 Å². The minimum absolute atomic E-state index is 0.0142. The molecule has 0 bridgehead atoms. The van der Waals surface area contributed by atoms with Gasteiger partial charge in [0.15, 0.2) is 11.3 Å². The van der Waals surface area contributed by atoms with Crippen LogP contribution in [0.2, 0.25) is 0 Å². The monoisotopic (exact) mass is 420 g/mol. The van der Waals surface area contributed by atoms with Gasteiger partial charge in [0.1, 0.15) is 24.3 Å². The molecule has 0 fully saturated rings. The highest BCUT2D eigenvalue weighted by Crippen LogP contribution is 2.41. The van der Waals surface area contributed by atoms with Crippen molar-refractivity contribution < 1.29 is 4.42 Å².